The van der Waals surface area contributed by atoms with E-state index in [2.05, 4.69) is 10.6 Å². The highest BCUT2D eigenvalue weighted by Gasteiger charge is 2.20. The number of methoxy groups -OCH3 is 1. The van der Waals surface area contributed by atoms with Gasteiger partial charge in [-0.1, -0.05) is 0 Å². The second-order valence-corrected chi connectivity index (χ2v) is 4.93. The summed E-state index contributed by atoms with van der Waals surface area (Å²) in [5, 5.41) is 6.10. The van der Waals surface area contributed by atoms with Gasteiger partial charge in [0.1, 0.15) is 0 Å². The van der Waals surface area contributed by atoms with Gasteiger partial charge in [-0.05, 0) is 31.0 Å². The van der Waals surface area contributed by atoms with Crippen LogP contribution in [0.4, 0.5) is 11.4 Å². The van der Waals surface area contributed by atoms with E-state index in [0.717, 1.165) is 17.7 Å². The second-order valence-electron chi connectivity index (χ2n) is 4.93. The van der Waals surface area contributed by atoms with E-state index in [9.17, 15) is 9.59 Å². The SMILES string of the molecule is COC(=O)c1cc(NCC2CCC(=O)N2)cc(C)c1N. The van der Waals surface area contributed by atoms with Crippen molar-refractivity contribution >= 4 is 23.3 Å². The minimum atomic E-state index is -0.455. The van der Waals surface area contributed by atoms with Gasteiger partial charge in [0, 0.05) is 30.4 Å². The minimum Gasteiger partial charge on any atom is -0.465 e. The molecule has 2 rings (SSSR count). The first kappa shape index (κ1) is 14.2. The van der Waals surface area contributed by atoms with Crippen molar-refractivity contribution in [3.8, 4) is 0 Å². The highest BCUT2D eigenvalue weighted by Crippen LogP contribution is 2.23. The average molecular weight is 277 g/mol. The van der Waals surface area contributed by atoms with Crippen molar-refractivity contribution in [2.45, 2.75) is 25.8 Å². The van der Waals surface area contributed by atoms with Crippen LogP contribution in [0.25, 0.3) is 0 Å². The highest BCUT2D eigenvalue weighted by atomic mass is 16.5. The third-order valence-corrected chi connectivity index (χ3v) is 3.43. The Kier molecular flexibility index (Phi) is 4.12. The molecule has 1 aliphatic heterocycles. The van der Waals surface area contributed by atoms with Crippen LogP contribution in [0.1, 0.15) is 28.8 Å². The molecule has 4 N–H and O–H groups in total. The number of anilines is 2. The van der Waals surface area contributed by atoms with Crippen LogP contribution < -0.4 is 16.4 Å². The van der Waals surface area contributed by atoms with Crippen LogP contribution in [-0.4, -0.2) is 31.6 Å². The van der Waals surface area contributed by atoms with Crippen LogP contribution in [0.15, 0.2) is 12.1 Å². The number of nitrogens with two attached hydrogens (primary N) is 1. The maximum absolute atomic E-state index is 11.7. The lowest BCUT2D eigenvalue weighted by Gasteiger charge is -2.15. The number of amides is 1. The number of nitrogens with one attached hydrogen (secondary N) is 2. The molecule has 108 valence electrons. The molecule has 1 atom stereocenters. The van der Waals surface area contributed by atoms with Gasteiger partial charge >= 0.3 is 5.97 Å². The van der Waals surface area contributed by atoms with Gasteiger partial charge in [0.05, 0.1) is 12.7 Å². The molecule has 0 spiro atoms. The van der Waals surface area contributed by atoms with E-state index in [1.165, 1.54) is 7.11 Å². The van der Waals surface area contributed by atoms with Crippen molar-refractivity contribution in [1.29, 1.82) is 0 Å². The zero-order valence-electron chi connectivity index (χ0n) is 11.7. The van der Waals surface area contributed by atoms with Gasteiger partial charge in [0.2, 0.25) is 5.91 Å². The Hall–Kier alpha value is -2.24. The van der Waals surface area contributed by atoms with Crippen LogP contribution in [-0.2, 0) is 9.53 Å². The van der Waals surface area contributed by atoms with Crippen molar-refractivity contribution in [2.24, 2.45) is 0 Å². The number of esters is 1. The predicted molar refractivity (Wildman–Crippen MR) is 76.6 cm³/mol. The molecule has 1 heterocycles. The zero-order chi connectivity index (χ0) is 14.7. The number of hydrogen-bond donors (Lipinski definition) is 3. The lowest BCUT2D eigenvalue weighted by Crippen LogP contribution is -2.31. The topological polar surface area (TPSA) is 93.4 Å². The molecule has 1 amide bonds. The molecule has 6 heteroatoms. The second kappa shape index (κ2) is 5.81. The third kappa shape index (κ3) is 3.01. The van der Waals surface area contributed by atoms with Gasteiger partial charge in [-0.25, -0.2) is 4.79 Å². The minimum absolute atomic E-state index is 0.0838. The van der Waals surface area contributed by atoms with Crippen molar-refractivity contribution in [2.75, 3.05) is 24.7 Å². The number of benzene rings is 1. The highest BCUT2D eigenvalue weighted by molar-refractivity contribution is 5.97. The number of ether oxygens (including phenoxy) is 1. The lowest BCUT2D eigenvalue weighted by molar-refractivity contribution is -0.119. The van der Waals surface area contributed by atoms with Crippen LogP contribution in [0.3, 0.4) is 0 Å². The van der Waals surface area contributed by atoms with E-state index < -0.39 is 5.97 Å². The molecule has 0 radical (unpaired) electrons. The normalized spacial score (nSPS) is 17.7. The molecule has 0 aromatic heterocycles. The first-order chi connectivity index (χ1) is 9.51. The molecule has 1 saturated heterocycles. The van der Waals surface area contributed by atoms with Crippen molar-refractivity contribution < 1.29 is 14.3 Å². The van der Waals surface area contributed by atoms with E-state index in [1.54, 1.807) is 6.07 Å². The number of rotatable bonds is 4. The van der Waals surface area contributed by atoms with E-state index in [4.69, 9.17) is 10.5 Å². The van der Waals surface area contributed by atoms with Crippen molar-refractivity contribution in [3.05, 3.63) is 23.3 Å². The Morgan fingerprint density at radius 2 is 2.30 bits per heavy atom. The first-order valence-electron chi connectivity index (χ1n) is 6.53. The van der Waals surface area contributed by atoms with Crippen LogP contribution in [0, 0.1) is 6.92 Å². The van der Waals surface area contributed by atoms with Gasteiger partial charge in [-0.2, -0.15) is 0 Å². The first-order valence-corrected chi connectivity index (χ1v) is 6.53. The summed E-state index contributed by atoms with van der Waals surface area (Å²) in [5.74, 6) is -0.371. The summed E-state index contributed by atoms with van der Waals surface area (Å²) in [7, 11) is 1.32. The van der Waals surface area contributed by atoms with E-state index in [0.29, 0.717) is 24.2 Å². The van der Waals surface area contributed by atoms with Gasteiger partial charge in [0.25, 0.3) is 0 Å². The Bertz CT molecular complexity index is 543. The molecule has 6 nitrogen and oxygen atoms in total. The van der Waals surface area contributed by atoms with Gasteiger partial charge in [-0.3, -0.25) is 4.79 Å². The maximum Gasteiger partial charge on any atom is 0.340 e. The lowest BCUT2D eigenvalue weighted by atomic mass is 10.1. The largest absolute Gasteiger partial charge is 0.465 e. The molecule has 1 unspecified atom stereocenters. The fourth-order valence-corrected chi connectivity index (χ4v) is 2.25. The summed E-state index contributed by atoms with van der Waals surface area (Å²) >= 11 is 0. The zero-order valence-corrected chi connectivity index (χ0v) is 11.7. The Morgan fingerprint density at radius 3 is 2.90 bits per heavy atom. The molecular formula is C14H19N3O3. The summed E-state index contributed by atoms with van der Waals surface area (Å²) in [4.78, 5) is 22.8. The molecule has 1 aromatic rings. The van der Waals surface area contributed by atoms with E-state index >= 15 is 0 Å². The standard InChI is InChI=1S/C14H19N3O3/c1-8-5-10(6-11(13(8)15)14(19)20-2)16-7-9-3-4-12(18)17-9/h5-6,9,16H,3-4,7,15H2,1-2H3,(H,17,18). The molecule has 1 aliphatic rings. The number of hydrogen-bond acceptors (Lipinski definition) is 5. The summed E-state index contributed by atoms with van der Waals surface area (Å²) in [6.07, 6.45) is 1.39. The molecule has 0 aliphatic carbocycles. The summed E-state index contributed by atoms with van der Waals surface area (Å²) in [6.45, 7) is 2.46. The van der Waals surface area contributed by atoms with E-state index in [-0.39, 0.29) is 11.9 Å². The Morgan fingerprint density at radius 1 is 1.55 bits per heavy atom. The van der Waals surface area contributed by atoms with Crippen molar-refractivity contribution in [3.63, 3.8) is 0 Å². The Labute approximate surface area is 117 Å². The fraction of sp³-hybridized carbons (Fsp3) is 0.429. The van der Waals surface area contributed by atoms with E-state index in [1.807, 2.05) is 13.0 Å². The summed E-state index contributed by atoms with van der Waals surface area (Å²) < 4.78 is 4.72. The summed E-state index contributed by atoms with van der Waals surface area (Å²) in [5.41, 5.74) is 8.26. The Balaban J connectivity index is 2.10. The van der Waals surface area contributed by atoms with Gasteiger partial charge in [-0.15, -0.1) is 0 Å². The third-order valence-electron chi connectivity index (χ3n) is 3.43. The maximum atomic E-state index is 11.7. The van der Waals surface area contributed by atoms with Crippen LogP contribution in [0.2, 0.25) is 0 Å². The quantitative estimate of drug-likeness (QED) is 0.565. The molecule has 20 heavy (non-hydrogen) atoms. The number of nitrogen functional groups attached to an aromatic ring is 1. The molecule has 1 fully saturated rings. The molecule has 0 saturated carbocycles. The number of carbonyl (C=O) groups excluding carboxylic acids is 2. The molecule has 1 aromatic carbocycles. The van der Waals surface area contributed by atoms with Gasteiger partial charge < -0.3 is 21.1 Å². The predicted octanol–water partition coefficient (Wildman–Crippen LogP) is 1.05. The number of aryl methyl sites for hydroxylation is 1. The smallest absolute Gasteiger partial charge is 0.340 e. The van der Waals surface area contributed by atoms with Crippen LogP contribution in [0.5, 0.6) is 0 Å². The van der Waals surface area contributed by atoms with Gasteiger partial charge in [0.15, 0.2) is 0 Å². The van der Waals surface area contributed by atoms with Crippen molar-refractivity contribution in [1.82, 2.24) is 5.32 Å². The molecule has 0 bridgehead atoms. The average Bonchev–Trinajstić information content (AvgIpc) is 2.85. The number of carbonyl (C=O) groups is 2. The fourth-order valence-electron chi connectivity index (χ4n) is 2.25. The summed E-state index contributed by atoms with van der Waals surface area (Å²) in [6, 6.07) is 3.67. The monoisotopic (exact) mass is 277 g/mol. The van der Waals surface area contributed by atoms with Crippen LogP contribution >= 0.6 is 0 Å². The molecular weight excluding hydrogens is 258 g/mol.